The standard InChI is InChI=1S/C18H16F3N3O5S2/c1-2-29-16(28)14-15(27)23-17(31-14)30-8-13(26)24-10-6-4-3-5-9(10)22-12(25)7-11(24)18(19,20)21/h3-6,11,14H,2,7-8H2,1H3,(H,22,25). The Bertz CT molecular complexity index is 954. The first-order valence-corrected chi connectivity index (χ1v) is 10.8. The molecule has 0 aromatic heterocycles. The number of carbonyl (C=O) groups excluding carboxylic acids is 4. The molecule has 31 heavy (non-hydrogen) atoms. The van der Waals surface area contributed by atoms with Gasteiger partial charge in [0.2, 0.25) is 11.8 Å². The van der Waals surface area contributed by atoms with Gasteiger partial charge < -0.3 is 10.1 Å². The van der Waals surface area contributed by atoms with E-state index in [4.69, 9.17) is 4.74 Å². The summed E-state index contributed by atoms with van der Waals surface area (Å²) in [6, 6.07) is 3.34. The number of nitrogens with one attached hydrogen (secondary N) is 1. The number of thioether (sulfide) groups is 2. The van der Waals surface area contributed by atoms with Crippen LogP contribution < -0.4 is 10.2 Å². The van der Waals surface area contributed by atoms with E-state index in [1.54, 1.807) is 6.92 Å². The molecule has 166 valence electrons. The molecule has 1 aromatic rings. The third-order valence-corrected chi connectivity index (χ3v) is 6.53. The lowest BCUT2D eigenvalue weighted by Gasteiger charge is -2.31. The summed E-state index contributed by atoms with van der Waals surface area (Å²) in [5.41, 5.74) is 0.00509. The van der Waals surface area contributed by atoms with Gasteiger partial charge in [0.25, 0.3) is 5.91 Å². The number of anilines is 2. The summed E-state index contributed by atoms with van der Waals surface area (Å²) < 4.78 is 46.0. The van der Waals surface area contributed by atoms with Crippen molar-refractivity contribution >= 4 is 63.0 Å². The molecule has 0 aliphatic carbocycles. The van der Waals surface area contributed by atoms with Gasteiger partial charge in [-0.3, -0.25) is 24.1 Å². The third kappa shape index (κ3) is 5.21. The number of amides is 3. The number of hydrogen-bond acceptors (Lipinski definition) is 7. The van der Waals surface area contributed by atoms with Crippen molar-refractivity contribution < 1.29 is 37.1 Å². The Balaban J connectivity index is 1.79. The van der Waals surface area contributed by atoms with Crippen molar-refractivity contribution in [3.63, 3.8) is 0 Å². The lowest BCUT2D eigenvalue weighted by Crippen LogP contribution is -2.50. The normalized spacial score (nSPS) is 21.2. The van der Waals surface area contributed by atoms with Crippen LogP contribution in [-0.4, -0.2) is 57.9 Å². The maximum Gasteiger partial charge on any atom is 0.409 e. The van der Waals surface area contributed by atoms with E-state index in [0.29, 0.717) is 4.90 Å². The number of para-hydroxylation sites is 2. The maximum absolute atomic E-state index is 13.7. The second kappa shape index (κ2) is 9.30. The van der Waals surface area contributed by atoms with E-state index in [1.807, 2.05) is 0 Å². The third-order valence-electron chi connectivity index (χ3n) is 4.24. The highest BCUT2D eigenvalue weighted by molar-refractivity contribution is 8.40. The number of alkyl halides is 3. The first kappa shape index (κ1) is 23.1. The molecular formula is C18H16F3N3O5S2. The Labute approximate surface area is 183 Å². The zero-order valence-electron chi connectivity index (χ0n) is 16.0. The number of fused-ring (bicyclic) bond motifs is 1. The molecule has 1 aromatic carbocycles. The van der Waals surface area contributed by atoms with E-state index in [-0.39, 0.29) is 22.4 Å². The monoisotopic (exact) mass is 475 g/mol. The van der Waals surface area contributed by atoms with Crippen LogP contribution in [0.4, 0.5) is 24.5 Å². The van der Waals surface area contributed by atoms with E-state index >= 15 is 0 Å². The zero-order valence-corrected chi connectivity index (χ0v) is 17.6. The quantitative estimate of drug-likeness (QED) is 0.527. The maximum atomic E-state index is 13.7. The predicted molar refractivity (Wildman–Crippen MR) is 110 cm³/mol. The number of halogens is 3. The Morgan fingerprint density at radius 2 is 2.03 bits per heavy atom. The second-order valence-corrected chi connectivity index (χ2v) is 8.66. The van der Waals surface area contributed by atoms with Gasteiger partial charge in [0.1, 0.15) is 10.4 Å². The number of carbonyl (C=O) groups is 4. The molecule has 0 radical (unpaired) electrons. The van der Waals surface area contributed by atoms with Crippen LogP contribution in [0.5, 0.6) is 0 Å². The van der Waals surface area contributed by atoms with Gasteiger partial charge in [-0.05, 0) is 19.1 Å². The van der Waals surface area contributed by atoms with Crippen molar-refractivity contribution in [3.05, 3.63) is 24.3 Å². The summed E-state index contributed by atoms with van der Waals surface area (Å²) in [5, 5.41) is 1.19. The fraction of sp³-hybridized carbons (Fsp3) is 0.389. The Morgan fingerprint density at radius 1 is 1.32 bits per heavy atom. The number of ether oxygens (including phenoxy) is 1. The van der Waals surface area contributed by atoms with E-state index in [2.05, 4.69) is 10.3 Å². The molecule has 3 rings (SSSR count). The highest BCUT2D eigenvalue weighted by atomic mass is 32.2. The molecule has 2 aliphatic heterocycles. The summed E-state index contributed by atoms with van der Waals surface area (Å²) >= 11 is 1.53. The molecule has 0 bridgehead atoms. The molecule has 2 heterocycles. The summed E-state index contributed by atoms with van der Waals surface area (Å²) in [4.78, 5) is 52.7. The number of aliphatic imine (C=N–C) groups is 1. The molecule has 0 fully saturated rings. The van der Waals surface area contributed by atoms with E-state index < -0.39 is 53.3 Å². The number of rotatable bonds is 4. The number of benzene rings is 1. The highest BCUT2D eigenvalue weighted by Crippen LogP contribution is 2.38. The molecule has 0 spiro atoms. The number of esters is 1. The van der Waals surface area contributed by atoms with Crippen molar-refractivity contribution in [1.82, 2.24) is 0 Å². The van der Waals surface area contributed by atoms with Crippen molar-refractivity contribution in [2.24, 2.45) is 4.99 Å². The van der Waals surface area contributed by atoms with Crippen molar-refractivity contribution in [2.75, 3.05) is 22.6 Å². The van der Waals surface area contributed by atoms with Gasteiger partial charge in [-0.15, -0.1) is 0 Å². The fourth-order valence-electron chi connectivity index (χ4n) is 2.95. The van der Waals surface area contributed by atoms with Gasteiger partial charge in [-0.1, -0.05) is 35.7 Å². The van der Waals surface area contributed by atoms with Crippen molar-refractivity contribution in [2.45, 2.75) is 30.8 Å². The minimum Gasteiger partial charge on any atom is -0.465 e. The molecule has 2 atom stereocenters. The van der Waals surface area contributed by atoms with Gasteiger partial charge in [-0.25, -0.2) is 0 Å². The Hall–Kier alpha value is -2.54. The Morgan fingerprint density at radius 3 is 2.71 bits per heavy atom. The Kier molecular flexibility index (Phi) is 6.94. The minimum atomic E-state index is -4.85. The molecule has 2 unspecified atom stereocenters. The second-order valence-electron chi connectivity index (χ2n) is 6.35. The molecule has 8 nitrogen and oxygen atoms in total. The van der Waals surface area contributed by atoms with E-state index in [1.165, 1.54) is 24.3 Å². The minimum absolute atomic E-state index is 0.0735. The summed E-state index contributed by atoms with van der Waals surface area (Å²) in [6.07, 6.45) is -5.80. The lowest BCUT2D eigenvalue weighted by molar-refractivity contribution is -0.157. The van der Waals surface area contributed by atoms with Gasteiger partial charge in [-0.2, -0.15) is 18.2 Å². The number of hydrogen-bond donors (Lipinski definition) is 1. The van der Waals surface area contributed by atoms with E-state index in [0.717, 1.165) is 23.5 Å². The van der Waals surface area contributed by atoms with E-state index in [9.17, 15) is 32.3 Å². The summed E-state index contributed by atoms with van der Waals surface area (Å²) in [7, 11) is 0. The van der Waals surface area contributed by atoms with Crippen molar-refractivity contribution in [3.8, 4) is 0 Å². The summed E-state index contributed by atoms with van der Waals surface area (Å²) in [6.45, 7) is 1.65. The molecule has 0 saturated heterocycles. The number of nitrogens with zero attached hydrogens (tertiary/aromatic N) is 2. The average molecular weight is 475 g/mol. The molecule has 1 N–H and O–H groups in total. The molecule has 0 saturated carbocycles. The average Bonchev–Trinajstić information content (AvgIpc) is 2.98. The van der Waals surface area contributed by atoms with Crippen LogP contribution >= 0.6 is 23.5 Å². The first-order valence-electron chi connectivity index (χ1n) is 8.98. The van der Waals surface area contributed by atoms with Gasteiger partial charge in [0.05, 0.1) is 30.2 Å². The molecule has 3 amide bonds. The van der Waals surface area contributed by atoms with Crippen LogP contribution in [0.25, 0.3) is 0 Å². The van der Waals surface area contributed by atoms with Gasteiger partial charge >= 0.3 is 12.1 Å². The van der Waals surface area contributed by atoms with Crippen LogP contribution in [0.2, 0.25) is 0 Å². The van der Waals surface area contributed by atoms with Crippen LogP contribution in [0.15, 0.2) is 29.3 Å². The van der Waals surface area contributed by atoms with Crippen LogP contribution in [0, 0.1) is 0 Å². The smallest absolute Gasteiger partial charge is 0.409 e. The fourth-order valence-corrected chi connectivity index (χ4v) is 4.89. The van der Waals surface area contributed by atoms with Gasteiger partial charge in [0.15, 0.2) is 5.25 Å². The van der Waals surface area contributed by atoms with Crippen LogP contribution in [-0.2, 0) is 23.9 Å². The lowest BCUT2D eigenvalue weighted by atomic mass is 10.1. The zero-order chi connectivity index (χ0) is 22.8. The highest BCUT2D eigenvalue weighted by Gasteiger charge is 2.49. The SMILES string of the molecule is CCOC(=O)C1SC(SCC(=O)N2c3ccccc3NC(=O)CC2C(F)(F)F)=NC1=O. The van der Waals surface area contributed by atoms with Gasteiger partial charge in [0, 0.05) is 0 Å². The molecule has 13 heteroatoms. The summed E-state index contributed by atoms with van der Waals surface area (Å²) in [5.74, 6) is -3.79. The van der Waals surface area contributed by atoms with Crippen LogP contribution in [0.1, 0.15) is 13.3 Å². The topological polar surface area (TPSA) is 105 Å². The predicted octanol–water partition coefficient (Wildman–Crippen LogP) is 2.59. The largest absolute Gasteiger partial charge is 0.465 e. The molecule has 2 aliphatic rings. The molecular weight excluding hydrogens is 459 g/mol. The van der Waals surface area contributed by atoms with Crippen LogP contribution in [0.3, 0.4) is 0 Å². The first-order chi connectivity index (χ1) is 14.6. The van der Waals surface area contributed by atoms with Crippen molar-refractivity contribution in [1.29, 1.82) is 0 Å².